The molecule has 9 heteroatoms. The van der Waals surface area contributed by atoms with Crippen molar-refractivity contribution in [3.8, 4) is 0 Å². The largest absolute Gasteiger partial charge is 0.402 e. The average molecular weight is 306 g/mol. The molecule has 0 aromatic carbocycles. The van der Waals surface area contributed by atoms with Gasteiger partial charge in [0.1, 0.15) is 0 Å². The molecule has 0 saturated heterocycles. The fourth-order valence-corrected chi connectivity index (χ4v) is 2.43. The number of hydrogen-bond donors (Lipinski definition) is 1. The monoisotopic (exact) mass is 306 g/mol. The minimum atomic E-state index is -5.34. The summed E-state index contributed by atoms with van der Waals surface area (Å²) in [6, 6.07) is -1.77. The molecule has 0 saturated carbocycles. The molecule has 1 rings (SSSR count). The number of hydrogen-bond acceptors (Lipinski definition) is 3. The van der Waals surface area contributed by atoms with Gasteiger partial charge in [-0.2, -0.15) is 26.3 Å². The van der Waals surface area contributed by atoms with E-state index in [1.54, 1.807) is 0 Å². The molecule has 0 radical (unpaired) electrons. The fraction of sp³-hybridized carbons (Fsp3) is 0.700. The van der Waals surface area contributed by atoms with Crippen molar-refractivity contribution < 1.29 is 26.3 Å². The molecule has 1 unspecified atom stereocenters. The minimum Gasteiger partial charge on any atom is -0.313 e. The minimum absolute atomic E-state index is 0.0126. The van der Waals surface area contributed by atoms with Crippen molar-refractivity contribution in [1.29, 1.82) is 0 Å². The zero-order chi connectivity index (χ0) is 14.7. The van der Waals surface area contributed by atoms with E-state index < -0.39 is 30.7 Å². The summed E-state index contributed by atoms with van der Waals surface area (Å²) < 4.78 is 75.8. The number of likely N-dealkylation sites (N-methyl/N-ethyl adjacent to an activating group) is 1. The Labute approximate surface area is 109 Å². The molecule has 1 heterocycles. The Morgan fingerprint density at radius 1 is 1.21 bits per heavy atom. The van der Waals surface area contributed by atoms with Gasteiger partial charge in [-0.1, -0.05) is 6.92 Å². The van der Waals surface area contributed by atoms with Gasteiger partial charge in [-0.15, -0.1) is 11.3 Å². The van der Waals surface area contributed by atoms with E-state index in [2.05, 4.69) is 10.3 Å². The van der Waals surface area contributed by atoms with Crippen LogP contribution in [0.2, 0.25) is 0 Å². The second-order valence-electron chi connectivity index (χ2n) is 3.86. The van der Waals surface area contributed by atoms with Gasteiger partial charge in [-0.3, -0.25) is 0 Å². The Kier molecular flexibility index (Phi) is 5.19. The number of nitrogens with one attached hydrogen (secondary N) is 1. The van der Waals surface area contributed by atoms with E-state index in [-0.39, 0.29) is 11.6 Å². The molecule has 1 atom stereocenters. The number of nitrogens with zero attached hydrogens (tertiary/aromatic N) is 1. The van der Waals surface area contributed by atoms with E-state index in [1.807, 2.05) is 0 Å². The predicted molar refractivity (Wildman–Crippen MR) is 58.9 cm³/mol. The topological polar surface area (TPSA) is 24.9 Å². The third-order valence-corrected chi connectivity index (χ3v) is 3.25. The van der Waals surface area contributed by atoms with Crippen molar-refractivity contribution in [2.75, 3.05) is 6.54 Å². The highest BCUT2D eigenvalue weighted by Crippen LogP contribution is 2.42. The van der Waals surface area contributed by atoms with Gasteiger partial charge in [0.2, 0.25) is 0 Å². The molecule has 0 aliphatic carbocycles. The van der Waals surface area contributed by atoms with Crippen molar-refractivity contribution in [2.24, 2.45) is 5.92 Å². The smallest absolute Gasteiger partial charge is 0.313 e. The lowest BCUT2D eigenvalue weighted by Gasteiger charge is -2.30. The van der Waals surface area contributed by atoms with Crippen molar-refractivity contribution in [3.05, 3.63) is 16.6 Å². The van der Waals surface area contributed by atoms with Crippen LogP contribution in [0.15, 0.2) is 11.6 Å². The van der Waals surface area contributed by atoms with E-state index in [0.29, 0.717) is 0 Å². The molecule has 0 aliphatic rings. The molecule has 0 fully saturated rings. The highest BCUT2D eigenvalue weighted by molar-refractivity contribution is 7.09. The summed E-state index contributed by atoms with van der Waals surface area (Å²) in [6.07, 6.45) is -9.75. The summed E-state index contributed by atoms with van der Waals surface area (Å²) in [5.41, 5.74) is 0. The molecule has 1 aromatic rings. The Morgan fingerprint density at radius 2 is 1.79 bits per heavy atom. The van der Waals surface area contributed by atoms with E-state index in [4.69, 9.17) is 0 Å². The fourth-order valence-electron chi connectivity index (χ4n) is 1.75. The molecule has 110 valence electrons. The summed E-state index contributed by atoms with van der Waals surface area (Å²) in [5.74, 6) is -3.40. The number of halogens is 6. The second-order valence-corrected chi connectivity index (χ2v) is 4.83. The van der Waals surface area contributed by atoms with Gasteiger partial charge in [-0.25, -0.2) is 4.98 Å². The normalized spacial score (nSPS) is 14.9. The first-order valence-electron chi connectivity index (χ1n) is 5.41. The molecule has 0 amide bonds. The summed E-state index contributed by atoms with van der Waals surface area (Å²) in [6.45, 7) is 1.47. The SMILES string of the molecule is CCNC(Cc1nccs1)C(C(F)(F)F)C(F)(F)F. The van der Waals surface area contributed by atoms with Crippen LogP contribution in [0.1, 0.15) is 11.9 Å². The van der Waals surface area contributed by atoms with E-state index in [0.717, 1.165) is 11.3 Å². The van der Waals surface area contributed by atoms with Gasteiger partial charge in [0.15, 0.2) is 5.92 Å². The lowest BCUT2D eigenvalue weighted by atomic mass is 9.95. The quantitative estimate of drug-likeness (QED) is 0.843. The Bertz CT molecular complexity index is 358. The van der Waals surface area contributed by atoms with Crippen LogP contribution < -0.4 is 5.32 Å². The highest BCUT2D eigenvalue weighted by Gasteiger charge is 2.60. The van der Waals surface area contributed by atoms with Crippen molar-refractivity contribution in [3.63, 3.8) is 0 Å². The summed E-state index contributed by atoms with van der Waals surface area (Å²) in [5, 5.41) is 4.01. The van der Waals surface area contributed by atoms with Crippen LogP contribution in [0.5, 0.6) is 0 Å². The van der Waals surface area contributed by atoms with Crippen LogP contribution in [-0.4, -0.2) is 29.9 Å². The van der Waals surface area contributed by atoms with Crippen LogP contribution >= 0.6 is 11.3 Å². The van der Waals surface area contributed by atoms with Crippen molar-refractivity contribution in [2.45, 2.75) is 31.7 Å². The lowest BCUT2D eigenvalue weighted by Crippen LogP contribution is -2.52. The molecule has 0 bridgehead atoms. The Balaban J connectivity index is 2.99. The van der Waals surface area contributed by atoms with Crippen molar-refractivity contribution >= 4 is 11.3 Å². The van der Waals surface area contributed by atoms with Crippen LogP contribution in [0.25, 0.3) is 0 Å². The second kappa shape index (κ2) is 6.08. The van der Waals surface area contributed by atoms with Crippen LogP contribution in [-0.2, 0) is 6.42 Å². The predicted octanol–water partition coefficient (Wildman–Crippen LogP) is 3.40. The average Bonchev–Trinajstić information content (AvgIpc) is 2.65. The third kappa shape index (κ3) is 4.64. The Hall–Kier alpha value is -0.830. The molecule has 19 heavy (non-hydrogen) atoms. The third-order valence-electron chi connectivity index (χ3n) is 2.45. The highest BCUT2D eigenvalue weighted by atomic mass is 32.1. The van der Waals surface area contributed by atoms with Gasteiger partial charge in [0.25, 0.3) is 0 Å². The maximum Gasteiger partial charge on any atom is 0.402 e. The lowest BCUT2D eigenvalue weighted by molar-refractivity contribution is -0.291. The maximum absolute atomic E-state index is 12.6. The van der Waals surface area contributed by atoms with Crippen molar-refractivity contribution in [1.82, 2.24) is 10.3 Å². The van der Waals surface area contributed by atoms with E-state index >= 15 is 0 Å². The number of aromatic nitrogens is 1. The van der Waals surface area contributed by atoms with Gasteiger partial charge < -0.3 is 5.32 Å². The molecule has 0 aliphatic heterocycles. The maximum atomic E-state index is 12.6. The van der Waals surface area contributed by atoms with Crippen LogP contribution in [0.4, 0.5) is 26.3 Å². The van der Waals surface area contributed by atoms with Gasteiger partial charge in [-0.05, 0) is 6.54 Å². The summed E-state index contributed by atoms with van der Waals surface area (Å²) in [4.78, 5) is 3.73. The number of rotatable bonds is 5. The zero-order valence-electron chi connectivity index (χ0n) is 9.85. The molecular weight excluding hydrogens is 294 g/mol. The zero-order valence-corrected chi connectivity index (χ0v) is 10.7. The van der Waals surface area contributed by atoms with Gasteiger partial charge in [0, 0.05) is 24.0 Å². The molecule has 2 nitrogen and oxygen atoms in total. The van der Waals surface area contributed by atoms with E-state index in [1.165, 1.54) is 18.5 Å². The van der Waals surface area contributed by atoms with Gasteiger partial charge in [0.05, 0.1) is 5.01 Å². The molecular formula is C10H12F6N2S. The number of thiazole rings is 1. The Morgan fingerprint density at radius 3 is 2.16 bits per heavy atom. The first-order chi connectivity index (χ1) is 8.66. The first-order valence-corrected chi connectivity index (χ1v) is 6.29. The molecule has 1 N–H and O–H groups in total. The van der Waals surface area contributed by atoms with E-state index in [9.17, 15) is 26.3 Å². The number of alkyl halides is 6. The van der Waals surface area contributed by atoms with Crippen LogP contribution in [0.3, 0.4) is 0 Å². The first kappa shape index (κ1) is 16.2. The molecule has 1 aromatic heterocycles. The summed E-state index contributed by atoms with van der Waals surface area (Å²) >= 11 is 1.03. The van der Waals surface area contributed by atoms with Gasteiger partial charge >= 0.3 is 12.4 Å². The summed E-state index contributed by atoms with van der Waals surface area (Å²) in [7, 11) is 0. The van der Waals surface area contributed by atoms with Crippen LogP contribution in [0, 0.1) is 5.92 Å². The molecule has 0 spiro atoms. The standard InChI is InChI=1S/C10H12F6N2S/c1-2-17-6(5-7-18-3-4-19-7)8(9(11,12)13)10(14,15)16/h3-4,6,8,17H,2,5H2,1H3.